The third-order valence-electron chi connectivity index (χ3n) is 4.71. The number of aromatic nitrogens is 3. The van der Waals surface area contributed by atoms with E-state index in [4.69, 9.17) is 0 Å². The number of nitrogens with one attached hydrogen (secondary N) is 2. The minimum Gasteiger partial charge on any atom is -0.391 e. The number of H-pyrrole nitrogens is 2. The molecule has 124 valence electrons. The molecule has 2 aromatic heterocycles. The van der Waals surface area contributed by atoms with Crippen molar-refractivity contribution in [2.45, 2.75) is 39.8 Å². The summed E-state index contributed by atoms with van der Waals surface area (Å²) in [7, 11) is 0. The third-order valence-corrected chi connectivity index (χ3v) is 4.71. The molecule has 23 heavy (non-hydrogen) atoms. The molecule has 3 N–H and O–H groups in total. The number of aryl methyl sites for hydroxylation is 2. The van der Waals surface area contributed by atoms with Crippen LogP contribution in [0.1, 0.15) is 28.2 Å². The van der Waals surface area contributed by atoms with E-state index in [9.17, 15) is 9.90 Å². The molecule has 0 saturated carbocycles. The molecule has 6 heteroatoms. The van der Waals surface area contributed by atoms with E-state index in [-0.39, 0.29) is 17.5 Å². The molecule has 1 fully saturated rings. The summed E-state index contributed by atoms with van der Waals surface area (Å²) in [6.07, 6.45) is 2.18. The molecule has 3 heterocycles. The van der Waals surface area contributed by atoms with Crippen LogP contribution in [0.3, 0.4) is 0 Å². The molecular formula is C17H24N4O2. The summed E-state index contributed by atoms with van der Waals surface area (Å²) in [6, 6.07) is 2.02. The lowest BCUT2D eigenvalue weighted by Gasteiger charge is -2.17. The maximum Gasteiger partial charge on any atom is 0.187 e. The van der Waals surface area contributed by atoms with Gasteiger partial charge in [0.1, 0.15) is 0 Å². The van der Waals surface area contributed by atoms with Gasteiger partial charge >= 0.3 is 0 Å². The average molecular weight is 316 g/mol. The number of rotatable bonds is 4. The molecule has 0 spiro atoms. The predicted octanol–water partition coefficient (Wildman–Crippen LogP) is 1.06. The van der Waals surface area contributed by atoms with Crippen molar-refractivity contribution in [2.24, 2.45) is 5.92 Å². The summed E-state index contributed by atoms with van der Waals surface area (Å²) in [6.45, 7) is 7.75. The third kappa shape index (κ3) is 3.38. The normalized spacial score (nSPS) is 21.9. The lowest BCUT2D eigenvalue weighted by molar-refractivity contribution is 0.140. The Labute approximate surface area is 135 Å². The Morgan fingerprint density at radius 2 is 2.13 bits per heavy atom. The fraction of sp³-hybridized carbons (Fsp3) is 0.529. The minimum absolute atomic E-state index is 0.0991. The zero-order valence-electron chi connectivity index (χ0n) is 13.9. The van der Waals surface area contributed by atoms with Crippen LogP contribution in [-0.4, -0.2) is 44.4 Å². The van der Waals surface area contributed by atoms with Crippen molar-refractivity contribution in [3.8, 4) is 0 Å². The molecule has 3 rings (SSSR count). The highest BCUT2D eigenvalue weighted by molar-refractivity contribution is 5.23. The fourth-order valence-electron chi connectivity index (χ4n) is 3.31. The molecule has 0 radical (unpaired) electrons. The first-order chi connectivity index (χ1) is 10.9. The monoisotopic (exact) mass is 316 g/mol. The van der Waals surface area contributed by atoms with E-state index in [0.717, 1.165) is 41.2 Å². The van der Waals surface area contributed by atoms with Crippen molar-refractivity contribution in [2.75, 3.05) is 13.1 Å². The molecule has 2 atom stereocenters. The van der Waals surface area contributed by atoms with Gasteiger partial charge in [0.2, 0.25) is 0 Å². The Balaban J connectivity index is 1.67. The number of nitrogens with zero attached hydrogens (tertiary/aromatic N) is 2. The number of aromatic amines is 2. The molecule has 6 nitrogen and oxygen atoms in total. The van der Waals surface area contributed by atoms with Gasteiger partial charge in [-0.05, 0) is 33.3 Å². The molecule has 0 unspecified atom stereocenters. The standard InChI is InChI=1S/C17H24N4O2/c1-10-6-18-15(12(3)17(10)23)8-21-7-13(16(22)9-21)5-14-4-11(2)19-20-14/h4,6,13,16,22H,5,7-9H2,1-3H3,(H,18,23)(H,19,20)/t13-,16-/m1/s1. The van der Waals surface area contributed by atoms with Crippen molar-refractivity contribution in [3.05, 3.63) is 50.7 Å². The summed E-state index contributed by atoms with van der Waals surface area (Å²) in [5, 5.41) is 17.5. The largest absolute Gasteiger partial charge is 0.391 e. The summed E-state index contributed by atoms with van der Waals surface area (Å²) >= 11 is 0. The Morgan fingerprint density at radius 3 is 2.83 bits per heavy atom. The second-order valence-corrected chi connectivity index (χ2v) is 6.67. The molecular weight excluding hydrogens is 292 g/mol. The van der Waals surface area contributed by atoms with E-state index in [1.807, 2.05) is 26.8 Å². The first kappa shape index (κ1) is 16.0. The van der Waals surface area contributed by atoms with Crippen molar-refractivity contribution in [3.63, 3.8) is 0 Å². The fourth-order valence-corrected chi connectivity index (χ4v) is 3.31. The van der Waals surface area contributed by atoms with Gasteiger partial charge in [0.15, 0.2) is 5.43 Å². The van der Waals surface area contributed by atoms with E-state index in [2.05, 4.69) is 20.1 Å². The summed E-state index contributed by atoms with van der Waals surface area (Å²) in [5.41, 5.74) is 4.57. The topological polar surface area (TPSA) is 85.0 Å². The van der Waals surface area contributed by atoms with Gasteiger partial charge < -0.3 is 10.1 Å². The highest BCUT2D eigenvalue weighted by Gasteiger charge is 2.32. The summed E-state index contributed by atoms with van der Waals surface area (Å²) in [4.78, 5) is 17.4. The summed E-state index contributed by atoms with van der Waals surface area (Å²) in [5.74, 6) is 0.176. The van der Waals surface area contributed by atoms with Gasteiger partial charge in [0.25, 0.3) is 0 Å². The molecule has 0 amide bonds. The van der Waals surface area contributed by atoms with E-state index in [0.29, 0.717) is 13.1 Å². The van der Waals surface area contributed by atoms with Gasteiger partial charge in [-0.2, -0.15) is 5.10 Å². The lowest BCUT2D eigenvalue weighted by atomic mass is 10.0. The Kier molecular flexibility index (Phi) is 4.37. The van der Waals surface area contributed by atoms with Crippen LogP contribution in [0, 0.1) is 26.7 Å². The van der Waals surface area contributed by atoms with E-state index in [1.54, 1.807) is 6.20 Å². The SMILES string of the molecule is Cc1cc(C[C@@H]2CN(Cc3[nH]cc(C)c(=O)c3C)C[C@H]2O)n[nH]1. The van der Waals surface area contributed by atoms with Crippen LogP contribution in [0.15, 0.2) is 17.1 Å². The number of likely N-dealkylation sites (tertiary alicyclic amines) is 1. The zero-order chi connectivity index (χ0) is 16.6. The van der Waals surface area contributed by atoms with Crippen LogP contribution in [0.5, 0.6) is 0 Å². The highest BCUT2D eigenvalue weighted by Crippen LogP contribution is 2.22. The molecule has 1 aliphatic heterocycles. The molecule has 0 aromatic carbocycles. The minimum atomic E-state index is -0.357. The molecule has 1 aliphatic rings. The lowest BCUT2D eigenvalue weighted by Crippen LogP contribution is -2.24. The van der Waals surface area contributed by atoms with Crippen molar-refractivity contribution in [1.82, 2.24) is 20.1 Å². The number of aliphatic hydroxyl groups is 1. The Bertz CT molecular complexity index is 749. The zero-order valence-corrected chi connectivity index (χ0v) is 13.9. The second kappa shape index (κ2) is 6.29. The van der Waals surface area contributed by atoms with E-state index >= 15 is 0 Å². The van der Waals surface area contributed by atoms with Crippen LogP contribution in [0.4, 0.5) is 0 Å². The Morgan fingerprint density at radius 1 is 1.35 bits per heavy atom. The first-order valence-corrected chi connectivity index (χ1v) is 8.03. The number of β-amino-alcohol motifs (C(OH)–C–C–N with tert-alkyl or cyclic N) is 1. The molecule has 0 bridgehead atoms. The number of pyridine rings is 1. The second-order valence-electron chi connectivity index (χ2n) is 6.67. The predicted molar refractivity (Wildman–Crippen MR) is 88.3 cm³/mol. The van der Waals surface area contributed by atoms with Gasteiger partial charge in [-0.3, -0.25) is 14.8 Å². The van der Waals surface area contributed by atoms with Gasteiger partial charge in [0, 0.05) is 54.3 Å². The average Bonchev–Trinajstić information content (AvgIpc) is 3.06. The van der Waals surface area contributed by atoms with Gasteiger partial charge in [-0.15, -0.1) is 0 Å². The van der Waals surface area contributed by atoms with Crippen LogP contribution < -0.4 is 5.43 Å². The molecule has 2 aromatic rings. The van der Waals surface area contributed by atoms with Gasteiger partial charge in [-0.25, -0.2) is 0 Å². The Hall–Kier alpha value is -1.92. The maximum absolute atomic E-state index is 12.0. The smallest absolute Gasteiger partial charge is 0.187 e. The quantitative estimate of drug-likeness (QED) is 0.787. The van der Waals surface area contributed by atoms with Crippen LogP contribution in [-0.2, 0) is 13.0 Å². The van der Waals surface area contributed by atoms with Crippen LogP contribution in [0.2, 0.25) is 0 Å². The van der Waals surface area contributed by atoms with Gasteiger partial charge in [0.05, 0.1) is 11.8 Å². The van der Waals surface area contributed by atoms with Crippen molar-refractivity contribution in [1.29, 1.82) is 0 Å². The van der Waals surface area contributed by atoms with Gasteiger partial charge in [-0.1, -0.05) is 0 Å². The molecule has 0 aliphatic carbocycles. The van der Waals surface area contributed by atoms with Crippen LogP contribution >= 0.6 is 0 Å². The number of aliphatic hydroxyl groups excluding tert-OH is 1. The maximum atomic E-state index is 12.0. The van der Waals surface area contributed by atoms with E-state index in [1.165, 1.54) is 0 Å². The molecule has 1 saturated heterocycles. The van der Waals surface area contributed by atoms with Crippen molar-refractivity contribution < 1.29 is 5.11 Å². The number of hydrogen-bond donors (Lipinski definition) is 3. The summed E-state index contributed by atoms with van der Waals surface area (Å²) < 4.78 is 0. The van der Waals surface area contributed by atoms with Crippen LogP contribution in [0.25, 0.3) is 0 Å². The van der Waals surface area contributed by atoms with Crippen molar-refractivity contribution >= 4 is 0 Å². The first-order valence-electron chi connectivity index (χ1n) is 8.03. The highest BCUT2D eigenvalue weighted by atomic mass is 16.3. The number of hydrogen-bond acceptors (Lipinski definition) is 4. The van der Waals surface area contributed by atoms with E-state index < -0.39 is 0 Å².